The zero-order valence-electron chi connectivity index (χ0n) is 15.5. The summed E-state index contributed by atoms with van der Waals surface area (Å²) in [6.07, 6.45) is 9.88. The number of nitrogens with zero attached hydrogens (tertiary/aromatic N) is 3. The highest BCUT2D eigenvalue weighted by atomic mass is 79.9. The fourth-order valence-corrected chi connectivity index (χ4v) is 3.57. The Balaban J connectivity index is 2.11. The number of esters is 2. The van der Waals surface area contributed by atoms with Gasteiger partial charge in [-0.3, -0.25) is 0 Å². The molecule has 0 fully saturated rings. The number of para-hydroxylation sites is 1. The summed E-state index contributed by atoms with van der Waals surface area (Å²) in [4.78, 5) is 35.9. The molecule has 9 heteroatoms. The minimum Gasteiger partial charge on any atom is -0.465 e. The molecule has 0 spiro atoms. The molecule has 1 aromatic heterocycles. The van der Waals surface area contributed by atoms with Crippen LogP contribution in [0.4, 0.5) is 5.69 Å². The Labute approximate surface area is 180 Å². The zero-order valence-corrected chi connectivity index (χ0v) is 17.9. The Morgan fingerprint density at radius 1 is 1.03 bits per heavy atom. The molecule has 0 aliphatic carbocycles. The van der Waals surface area contributed by atoms with Gasteiger partial charge >= 0.3 is 11.9 Å². The van der Waals surface area contributed by atoms with Crippen LogP contribution < -0.4 is 4.90 Å². The van der Waals surface area contributed by atoms with Crippen molar-refractivity contribution in [3.63, 3.8) is 0 Å². The van der Waals surface area contributed by atoms with Crippen molar-refractivity contribution in [1.82, 2.24) is 9.97 Å². The van der Waals surface area contributed by atoms with Crippen molar-refractivity contribution < 1.29 is 19.1 Å². The summed E-state index contributed by atoms with van der Waals surface area (Å²) in [5.41, 5.74) is 0.795. The van der Waals surface area contributed by atoms with Gasteiger partial charge in [-0.15, -0.1) is 0 Å². The predicted octanol–water partition coefficient (Wildman–Crippen LogP) is 3.88. The van der Waals surface area contributed by atoms with Gasteiger partial charge in [-0.1, -0.05) is 18.2 Å². The van der Waals surface area contributed by atoms with E-state index in [2.05, 4.69) is 25.9 Å². The Hall–Kier alpha value is -2.91. The molecule has 1 aliphatic rings. The topological polar surface area (TPSA) is 81.6 Å². The van der Waals surface area contributed by atoms with E-state index in [9.17, 15) is 9.59 Å². The summed E-state index contributed by atoms with van der Waals surface area (Å²) in [6.45, 7) is 0. The first-order chi connectivity index (χ1) is 14.0. The molecule has 7 nitrogen and oxygen atoms in total. The molecule has 2 heterocycles. The van der Waals surface area contributed by atoms with Crippen LogP contribution in [0.5, 0.6) is 0 Å². The molecule has 29 heavy (non-hydrogen) atoms. The first-order valence-electron chi connectivity index (χ1n) is 8.34. The smallest absolute Gasteiger partial charge is 0.355 e. The maximum absolute atomic E-state index is 12.6. The standard InChI is InChI=1S/C20H16BrN3O4S/c1-27-18(25)14-7-5-6-10-24(17(14)19(26)28-2)15-8-3-4-9-16(15)29-20-22-11-13(21)12-23-20/h3-12H,1-2H3. The summed E-state index contributed by atoms with van der Waals surface area (Å²) in [7, 11) is 2.52. The Morgan fingerprint density at radius 2 is 1.72 bits per heavy atom. The third kappa shape index (κ3) is 4.75. The first kappa shape index (κ1) is 20.8. The number of rotatable bonds is 5. The number of aromatic nitrogens is 2. The number of ether oxygens (including phenoxy) is 2. The Morgan fingerprint density at radius 3 is 2.41 bits per heavy atom. The number of hydrogen-bond donors (Lipinski definition) is 0. The third-order valence-corrected chi connectivity index (χ3v) is 5.18. The normalized spacial score (nSPS) is 13.3. The van der Waals surface area contributed by atoms with Crippen LogP contribution >= 0.6 is 27.7 Å². The highest BCUT2D eigenvalue weighted by Gasteiger charge is 2.28. The van der Waals surface area contributed by atoms with E-state index in [1.165, 1.54) is 32.1 Å². The molecule has 0 unspecified atom stereocenters. The maximum Gasteiger partial charge on any atom is 0.355 e. The van der Waals surface area contributed by atoms with Gasteiger partial charge in [-0.05, 0) is 52.0 Å². The molecular weight excluding hydrogens is 458 g/mol. The molecular formula is C20H16BrN3O4S. The van der Waals surface area contributed by atoms with E-state index >= 15 is 0 Å². The van der Waals surface area contributed by atoms with Crippen molar-refractivity contribution >= 4 is 45.3 Å². The SMILES string of the molecule is COC(=O)C1=C(C(=O)OC)N(c2ccccc2Sc2ncc(Br)cn2)C=CC=C1. The van der Waals surface area contributed by atoms with Crippen LogP contribution in [0.3, 0.4) is 0 Å². The average molecular weight is 474 g/mol. The van der Waals surface area contributed by atoms with E-state index in [1.807, 2.05) is 24.3 Å². The molecule has 0 N–H and O–H groups in total. The molecule has 0 amide bonds. The van der Waals surface area contributed by atoms with Crippen LogP contribution in [0.25, 0.3) is 0 Å². The van der Waals surface area contributed by atoms with Gasteiger partial charge in [-0.2, -0.15) is 0 Å². The number of carbonyl (C=O) groups is 2. The summed E-state index contributed by atoms with van der Waals surface area (Å²) < 4.78 is 10.6. The monoisotopic (exact) mass is 473 g/mol. The van der Waals surface area contributed by atoms with E-state index in [0.717, 1.165) is 9.37 Å². The summed E-state index contributed by atoms with van der Waals surface area (Å²) in [5.74, 6) is -1.31. The van der Waals surface area contributed by atoms with Crippen molar-refractivity contribution in [3.8, 4) is 0 Å². The molecule has 0 radical (unpaired) electrons. The molecule has 0 saturated carbocycles. The number of allylic oxidation sites excluding steroid dienone is 2. The van der Waals surface area contributed by atoms with Gasteiger partial charge in [0.25, 0.3) is 0 Å². The predicted molar refractivity (Wildman–Crippen MR) is 112 cm³/mol. The van der Waals surface area contributed by atoms with E-state index in [0.29, 0.717) is 10.8 Å². The van der Waals surface area contributed by atoms with Gasteiger partial charge in [0, 0.05) is 23.5 Å². The average Bonchev–Trinajstić information content (AvgIpc) is 2.97. The summed E-state index contributed by atoms with van der Waals surface area (Å²) >= 11 is 4.65. The molecule has 0 bridgehead atoms. The minimum absolute atomic E-state index is 0.0501. The van der Waals surface area contributed by atoms with E-state index in [-0.39, 0.29) is 11.3 Å². The van der Waals surface area contributed by atoms with Gasteiger partial charge in [0.2, 0.25) is 0 Å². The lowest BCUT2D eigenvalue weighted by molar-refractivity contribution is -0.139. The van der Waals surface area contributed by atoms with Crippen LogP contribution in [0.1, 0.15) is 0 Å². The zero-order chi connectivity index (χ0) is 20.8. The van der Waals surface area contributed by atoms with Gasteiger partial charge in [0.1, 0.15) is 5.70 Å². The van der Waals surface area contributed by atoms with E-state index in [4.69, 9.17) is 9.47 Å². The van der Waals surface area contributed by atoms with Gasteiger partial charge < -0.3 is 14.4 Å². The van der Waals surface area contributed by atoms with Crippen LogP contribution in [0.15, 0.2) is 86.9 Å². The van der Waals surface area contributed by atoms with Crippen molar-refractivity contribution in [2.45, 2.75) is 10.1 Å². The van der Waals surface area contributed by atoms with Crippen LogP contribution in [0, 0.1) is 0 Å². The second-order valence-corrected chi connectivity index (χ2v) is 7.49. The second-order valence-electron chi connectivity index (χ2n) is 5.57. The van der Waals surface area contributed by atoms with Crippen LogP contribution in [-0.4, -0.2) is 36.1 Å². The molecule has 1 aliphatic heterocycles. The quantitative estimate of drug-likeness (QED) is 0.477. The van der Waals surface area contributed by atoms with Crippen molar-refractivity contribution in [2.24, 2.45) is 0 Å². The Bertz CT molecular complexity index is 1020. The van der Waals surface area contributed by atoms with Crippen molar-refractivity contribution in [3.05, 3.63) is 76.8 Å². The first-order valence-corrected chi connectivity index (χ1v) is 9.95. The van der Waals surface area contributed by atoms with Crippen LogP contribution in [0.2, 0.25) is 0 Å². The number of hydrogen-bond acceptors (Lipinski definition) is 8. The molecule has 0 saturated heterocycles. The number of carbonyl (C=O) groups excluding carboxylic acids is 2. The second kappa shape index (κ2) is 9.53. The fourth-order valence-electron chi connectivity index (χ4n) is 2.55. The minimum atomic E-state index is -0.665. The van der Waals surface area contributed by atoms with Gasteiger partial charge in [0.05, 0.1) is 30.0 Å². The molecule has 148 valence electrons. The Kier molecular flexibility index (Phi) is 6.84. The van der Waals surface area contributed by atoms with Gasteiger partial charge in [-0.25, -0.2) is 19.6 Å². The highest BCUT2D eigenvalue weighted by Crippen LogP contribution is 2.37. The highest BCUT2D eigenvalue weighted by molar-refractivity contribution is 9.10. The number of methoxy groups -OCH3 is 2. The number of benzene rings is 1. The lowest BCUT2D eigenvalue weighted by Crippen LogP contribution is -2.27. The van der Waals surface area contributed by atoms with Crippen LogP contribution in [-0.2, 0) is 19.1 Å². The largest absolute Gasteiger partial charge is 0.465 e. The molecule has 1 aromatic carbocycles. The maximum atomic E-state index is 12.6. The molecule has 3 rings (SSSR count). The lowest BCUT2D eigenvalue weighted by Gasteiger charge is -2.25. The summed E-state index contributed by atoms with van der Waals surface area (Å²) in [6, 6.07) is 7.41. The lowest BCUT2D eigenvalue weighted by atomic mass is 10.1. The van der Waals surface area contributed by atoms with E-state index < -0.39 is 11.9 Å². The fraction of sp³-hybridized carbons (Fsp3) is 0.100. The number of halogens is 1. The number of anilines is 1. The van der Waals surface area contributed by atoms with E-state index in [1.54, 1.807) is 35.6 Å². The summed E-state index contributed by atoms with van der Waals surface area (Å²) in [5, 5.41) is 0.536. The van der Waals surface area contributed by atoms with Gasteiger partial charge in [0.15, 0.2) is 5.16 Å². The third-order valence-electron chi connectivity index (χ3n) is 3.81. The molecule has 0 atom stereocenters. The van der Waals surface area contributed by atoms with Crippen molar-refractivity contribution in [2.75, 3.05) is 19.1 Å². The molecule has 2 aromatic rings. The van der Waals surface area contributed by atoms with Crippen molar-refractivity contribution in [1.29, 1.82) is 0 Å².